The molecular formula is C14H21BrN2O2. The van der Waals surface area contributed by atoms with Crippen LogP contribution in [0, 0.1) is 5.92 Å². The highest BCUT2D eigenvalue weighted by atomic mass is 79.9. The lowest BCUT2D eigenvalue weighted by Crippen LogP contribution is -2.30. The molecule has 1 aromatic rings. The van der Waals surface area contributed by atoms with Crippen molar-refractivity contribution in [3.05, 3.63) is 28.2 Å². The average Bonchev–Trinajstić information content (AvgIpc) is 2.36. The Bertz CT molecular complexity index is 418. The summed E-state index contributed by atoms with van der Waals surface area (Å²) in [5, 5.41) is 11.9. The predicted octanol–water partition coefficient (Wildman–Crippen LogP) is 2.56. The van der Waals surface area contributed by atoms with Crippen LogP contribution in [-0.2, 0) is 0 Å². The summed E-state index contributed by atoms with van der Waals surface area (Å²) >= 11 is 3.31. The first kappa shape index (κ1) is 16.0. The van der Waals surface area contributed by atoms with Gasteiger partial charge in [0, 0.05) is 23.3 Å². The highest BCUT2D eigenvalue weighted by Gasteiger charge is 2.12. The zero-order chi connectivity index (χ0) is 14.3. The quantitative estimate of drug-likeness (QED) is 0.673. The van der Waals surface area contributed by atoms with Crippen LogP contribution < -0.4 is 11.1 Å². The first-order valence-corrected chi connectivity index (χ1v) is 7.31. The predicted molar refractivity (Wildman–Crippen MR) is 81.0 cm³/mol. The second kappa shape index (κ2) is 8.17. The topological polar surface area (TPSA) is 75.3 Å². The lowest BCUT2D eigenvalue weighted by Gasteiger charge is -2.16. The number of nitrogen functional groups attached to an aromatic ring is 1. The Morgan fingerprint density at radius 3 is 2.79 bits per heavy atom. The molecule has 4 nitrogen and oxygen atoms in total. The third kappa shape index (κ3) is 5.20. The van der Waals surface area contributed by atoms with Crippen LogP contribution in [0.25, 0.3) is 0 Å². The van der Waals surface area contributed by atoms with Gasteiger partial charge in [0.05, 0.1) is 5.56 Å². The van der Waals surface area contributed by atoms with E-state index in [-0.39, 0.29) is 12.5 Å². The molecule has 1 aromatic carbocycles. The van der Waals surface area contributed by atoms with Crippen LogP contribution in [-0.4, -0.2) is 24.2 Å². The maximum Gasteiger partial charge on any atom is 0.253 e. The molecule has 1 amide bonds. The van der Waals surface area contributed by atoms with Crippen LogP contribution in [0.15, 0.2) is 22.7 Å². The zero-order valence-corrected chi connectivity index (χ0v) is 12.7. The second-order valence-electron chi connectivity index (χ2n) is 4.61. The van der Waals surface area contributed by atoms with Gasteiger partial charge in [-0.1, -0.05) is 29.3 Å². The standard InChI is InChI=1S/C14H21BrN2O2/c1-2-3-10(6-7-18)9-17-14(19)12-5-4-11(15)8-13(12)16/h4-5,8,10,18H,2-3,6-7,9,16H2,1H3,(H,17,19). The molecule has 0 aliphatic carbocycles. The Kier molecular flexibility index (Phi) is 6.87. The summed E-state index contributed by atoms with van der Waals surface area (Å²) in [6, 6.07) is 5.21. The SMILES string of the molecule is CCCC(CCO)CNC(=O)c1ccc(Br)cc1N. The fourth-order valence-corrected chi connectivity index (χ4v) is 2.39. The van der Waals surface area contributed by atoms with Gasteiger partial charge in [-0.05, 0) is 37.0 Å². The van der Waals surface area contributed by atoms with Gasteiger partial charge in [0.1, 0.15) is 0 Å². The number of anilines is 1. The molecule has 106 valence electrons. The number of benzene rings is 1. The highest BCUT2D eigenvalue weighted by Crippen LogP contribution is 2.18. The zero-order valence-electron chi connectivity index (χ0n) is 11.2. The van der Waals surface area contributed by atoms with Crippen molar-refractivity contribution < 1.29 is 9.90 Å². The number of amides is 1. The van der Waals surface area contributed by atoms with Gasteiger partial charge in [0.2, 0.25) is 0 Å². The van der Waals surface area contributed by atoms with E-state index < -0.39 is 0 Å². The Balaban J connectivity index is 2.58. The van der Waals surface area contributed by atoms with Crippen LogP contribution in [0.5, 0.6) is 0 Å². The summed E-state index contributed by atoms with van der Waals surface area (Å²) in [4.78, 5) is 12.0. The molecule has 0 fully saturated rings. The minimum Gasteiger partial charge on any atom is -0.398 e. The number of nitrogens with two attached hydrogens (primary N) is 1. The van der Waals surface area contributed by atoms with E-state index >= 15 is 0 Å². The van der Waals surface area contributed by atoms with Gasteiger partial charge in [0.15, 0.2) is 0 Å². The highest BCUT2D eigenvalue weighted by molar-refractivity contribution is 9.10. The van der Waals surface area contributed by atoms with Gasteiger partial charge in [-0.25, -0.2) is 0 Å². The van der Waals surface area contributed by atoms with Gasteiger partial charge in [-0.2, -0.15) is 0 Å². The molecule has 0 aromatic heterocycles. The van der Waals surface area contributed by atoms with Gasteiger partial charge in [-0.15, -0.1) is 0 Å². The van der Waals surface area contributed by atoms with Crippen LogP contribution in [0.4, 0.5) is 5.69 Å². The first-order chi connectivity index (χ1) is 9.08. The number of carbonyl (C=O) groups is 1. The number of carbonyl (C=O) groups excluding carboxylic acids is 1. The van der Waals surface area contributed by atoms with E-state index in [2.05, 4.69) is 28.2 Å². The van der Waals surface area contributed by atoms with E-state index in [0.717, 1.165) is 17.3 Å². The molecule has 0 saturated carbocycles. The summed E-state index contributed by atoms with van der Waals surface area (Å²) in [5.74, 6) is 0.152. The fourth-order valence-electron chi connectivity index (χ4n) is 2.01. The molecule has 0 radical (unpaired) electrons. The van der Waals surface area contributed by atoms with E-state index in [9.17, 15) is 4.79 Å². The molecule has 19 heavy (non-hydrogen) atoms. The van der Waals surface area contributed by atoms with Crippen LogP contribution >= 0.6 is 15.9 Å². The molecular weight excluding hydrogens is 308 g/mol. The Morgan fingerprint density at radius 1 is 1.47 bits per heavy atom. The Hall–Kier alpha value is -1.07. The lowest BCUT2D eigenvalue weighted by atomic mass is 10.00. The van der Waals surface area contributed by atoms with Crippen molar-refractivity contribution in [2.75, 3.05) is 18.9 Å². The number of aliphatic hydroxyl groups is 1. The summed E-state index contributed by atoms with van der Waals surface area (Å²) in [6.45, 7) is 2.82. The average molecular weight is 329 g/mol. The number of nitrogens with one attached hydrogen (secondary N) is 1. The van der Waals surface area contributed by atoms with E-state index in [4.69, 9.17) is 10.8 Å². The smallest absolute Gasteiger partial charge is 0.253 e. The molecule has 0 aliphatic rings. The fraction of sp³-hybridized carbons (Fsp3) is 0.500. The maximum absolute atomic E-state index is 12.0. The summed E-state index contributed by atoms with van der Waals surface area (Å²) in [5.41, 5.74) is 6.76. The number of rotatable bonds is 7. The Labute approximate surface area is 122 Å². The molecule has 0 heterocycles. The van der Waals surface area contributed by atoms with Crippen molar-refractivity contribution in [2.24, 2.45) is 5.92 Å². The molecule has 0 spiro atoms. The van der Waals surface area contributed by atoms with E-state index in [1.165, 1.54) is 0 Å². The molecule has 4 N–H and O–H groups in total. The summed E-state index contributed by atoms with van der Waals surface area (Å²) < 4.78 is 0.852. The van der Waals surface area contributed by atoms with Crippen LogP contribution in [0.2, 0.25) is 0 Å². The van der Waals surface area contributed by atoms with Gasteiger partial charge in [0.25, 0.3) is 5.91 Å². The molecule has 0 saturated heterocycles. The van der Waals surface area contributed by atoms with Gasteiger partial charge >= 0.3 is 0 Å². The maximum atomic E-state index is 12.0. The molecule has 1 rings (SSSR count). The van der Waals surface area contributed by atoms with E-state index in [1.807, 2.05) is 0 Å². The number of hydrogen-bond acceptors (Lipinski definition) is 3. The molecule has 0 bridgehead atoms. The summed E-state index contributed by atoms with van der Waals surface area (Å²) in [6.07, 6.45) is 2.75. The molecule has 0 aliphatic heterocycles. The third-order valence-electron chi connectivity index (χ3n) is 3.04. The van der Waals surface area contributed by atoms with Crippen LogP contribution in [0.1, 0.15) is 36.5 Å². The largest absolute Gasteiger partial charge is 0.398 e. The van der Waals surface area contributed by atoms with Gasteiger partial charge < -0.3 is 16.2 Å². The van der Waals surface area contributed by atoms with Crippen LogP contribution in [0.3, 0.4) is 0 Å². The normalized spacial score (nSPS) is 12.2. The Morgan fingerprint density at radius 2 is 2.21 bits per heavy atom. The van der Waals surface area contributed by atoms with Crippen molar-refractivity contribution in [3.63, 3.8) is 0 Å². The van der Waals surface area contributed by atoms with E-state index in [1.54, 1.807) is 18.2 Å². The number of hydrogen-bond donors (Lipinski definition) is 3. The van der Waals surface area contributed by atoms with Gasteiger partial charge in [-0.3, -0.25) is 4.79 Å². The second-order valence-corrected chi connectivity index (χ2v) is 5.52. The minimum atomic E-state index is -0.163. The lowest BCUT2D eigenvalue weighted by molar-refractivity contribution is 0.0944. The van der Waals surface area contributed by atoms with Crippen molar-refractivity contribution in [1.82, 2.24) is 5.32 Å². The number of aliphatic hydroxyl groups excluding tert-OH is 1. The summed E-state index contributed by atoms with van der Waals surface area (Å²) in [7, 11) is 0. The molecule has 1 atom stereocenters. The monoisotopic (exact) mass is 328 g/mol. The first-order valence-electron chi connectivity index (χ1n) is 6.52. The third-order valence-corrected chi connectivity index (χ3v) is 3.54. The molecule has 5 heteroatoms. The van der Waals surface area contributed by atoms with E-state index in [0.29, 0.717) is 30.1 Å². The van der Waals surface area contributed by atoms with Crippen molar-refractivity contribution in [2.45, 2.75) is 26.2 Å². The minimum absolute atomic E-state index is 0.154. The van der Waals surface area contributed by atoms with Crippen molar-refractivity contribution in [3.8, 4) is 0 Å². The van der Waals surface area contributed by atoms with Crippen molar-refractivity contribution >= 4 is 27.5 Å². The molecule has 1 unspecified atom stereocenters. The van der Waals surface area contributed by atoms with Crippen molar-refractivity contribution in [1.29, 1.82) is 0 Å². The number of halogens is 1.